The average Bonchev–Trinajstić information content (AvgIpc) is 2.50. The third-order valence-electron chi connectivity index (χ3n) is 4.43. The van der Waals surface area contributed by atoms with Gasteiger partial charge in [-0.15, -0.1) is 0 Å². The first-order valence-corrected chi connectivity index (χ1v) is 7.91. The molecular formula is C18H22N2O3. The van der Waals surface area contributed by atoms with Gasteiger partial charge in [0.2, 0.25) is 0 Å². The van der Waals surface area contributed by atoms with Crippen LogP contribution in [0.3, 0.4) is 0 Å². The van der Waals surface area contributed by atoms with Gasteiger partial charge in [0.15, 0.2) is 0 Å². The van der Waals surface area contributed by atoms with E-state index in [9.17, 15) is 9.59 Å². The van der Waals surface area contributed by atoms with Gasteiger partial charge in [-0.25, -0.2) is 0 Å². The average molecular weight is 314 g/mol. The molecule has 1 atom stereocenters. The van der Waals surface area contributed by atoms with E-state index in [0.29, 0.717) is 12.2 Å². The van der Waals surface area contributed by atoms with E-state index in [2.05, 4.69) is 5.32 Å². The summed E-state index contributed by atoms with van der Waals surface area (Å²) in [5.74, 6) is -0.193. The highest BCUT2D eigenvalue weighted by molar-refractivity contribution is 6.06. The van der Waals surface area contributed by atoms with Crippen molar-refractivity contribution in [1.82, 2.24) is 9.88 Å². The van der Waals surface area contributed by atoms with Crippen LogP contribution in [0.15, 0.2) is 35.1 Å². The number of benzene rings is 1. The maximum absolute atomic E-state index is 12.7. The normalized spacial score (nSPS) is 20.4. The molecule has 1 fully saturated rings. The van der Waals surface area contributed by atoms with Gasteiger partial charge in [-0.05, 0) is 32.8 Å². The lowest BCUT2D eigenvalue weighted by Crippen LogP contribution is -2.46. The summed E-state index contributed by atoms with van der Waals surface area (Å²) in [6, 6.07) is 8.95. The summed E-state index contributed by atoms with van der Waals surface area (Å²) in [4.78, 5) is 24.8. The molecule has 0 radical (unpaired) electrons. The van der Waals surface area contributed by atoms with E-state index in [1.54, 1.807) is 11.6 Å². The molecule has 1 aromatic carbocycles. The van der Waals surface area contributed by atoms with Gasteiger partial charge in [-0.2, -0.15) is 0 Å². The zero-order chi connectivity index (χ0) is 16.6. The first-order chi connectivity index (χ1) is 10.9. The summed E-state index contributed by atoms with van der Waals surface area (Å²) in [7, 11) is 1.72. The Labute approximate surface area is 135 Å². The van der Waals surface area contributed by atoms with Crippen molar-refractivity contribution in [3.8, 4) is 0 Å². The van der Waals surface area contributed by atoms with E-state index in [-0.39, 0.29) is 23.1 Å². The van der Waals surface area contributed by atoms with Crippen molar-refractivity contribution >= 4 is 16.8 Å². The van der Waals surface area contributed by atoms with E-state index in [4.69, 9.17) is 4.74 Å². The number of hydrogen-bond acceptors (Lipinski definition) is 3. The molecule has 1 aliphatic rings. The minimum absolute atomic E-state index is 0.0640. The van der Waals surface area contributed by atoms with Gasteiger partial charge >= 0.3 is 0 Å². The smallest absolute Gasteiger partial charge is 0.252 e. The Kier molecular flexibility index (Phi) is 3.98. The van der Waals surface area contributed by atoms with E-state index < -0.39 is 0 Å². The first-order valence-electron chi connectivity index (χ1n) is 7.91. The van der Waals surface area contributed by atoms with Gasteiger partial charge in [0, 0.05) is 31.1 Å². The summed E-state index contributed by atoms with van der Waals surface area (Å²) >= 11 is 0. The van der Waals surface area contributed by atoms with Crippen molar-refractivity contribution in [3.05, 3.63) is 46.2 Å². The van der Waals surface area contributed by atoms with Crippen molar-refractivity contribution in [2.45, 2.75) is 38.3 Å². The van der Waals surface area contributed by atoms with Crippen LogP contribution in [-0.4, -0.2) is 28.7 Å². The van der Waals surface area contributed by atoms with Crippen LogP contribution in [0.25, 0.3) is 10.9 Å². The topological polar surface area (TPSA) is 60.3 Å². The lowest BCUT2D eigenvalue weighted by molar-refractivity contribution is -0.0615. The first kappa shape index (κ1) is 15.7. The highest BCUT2D eigenvalue weighted by Crippen LogP contribution is 2.24. The molecule has 0 aliphatic carbocycles. The summed E-state index contributed by atoms with van der Waals surface area (Å²) in [5, 5.41) is 3.85. The number of carbonyl (C=O) groups excluding carboxylic acids is 1. The number of carbonyl (C=O) groups is 1. The highest BCUT2D eigenvalue weighted by Gasteiger charge is 2.30. The molecule has 3 rings (SSSR count). The molecule has 1 N–H and O–H groups in total. The Morgan fingerprint density at radius 2 is 2.09 bits per heavy atom. The number of aromatic nitrogens is 1. The number of fused-ring (bicyclic) bond motifs is 1. The number of aryl methyl sites for hydroxylation is 1. The van der Waals surface area contributed by atoms with Gasteiger partial charge in [0.1, 0.15) is 0 Å². The SMILES string of the molecule is Cn1c(=O)cc(C(=O)NC2CCOC(C)(C)C2)c2ccccc21. The molecule has 1 amide bonds. The van der Waals surface area contributed by atoms with Crippen LogP contribution in [0.5, 0.6) is 0 Å². The fourth-order valence-electron chi connectivity index (χ4n) is 3.22. The predicted octanol–water partition coefficient (Wildman–Crippen LogP) is 2.23. The second-order valence-corrected chi connectivity index (χ2v) is 6.74. The minimum Gasteiger partial charge on any atom is -0.375 e. The number of ether oxygens (including phenoxy) is 1. The fourth-order valence-corrected chi connectivity index (χ4v) is 3.22. The number of pyridine rings is 1. The molecule has 122 valence electrons. The van der Waals surface area contributed by atoms with E-state index in [1.807, 2.05) is 38.1 Å². The molecule has 5 heteroatoms. The molecule has 2 aromatic rings. The molecule has 0 bridgehead atoms. The number of amides is 1. The summed E-state index contributed by atoms with van der Waals surface area (Å²) in [6.07, 6.45) is 1.56. The van der Waals surface area contributed by atoms with Crippen LogP contribution >= 0.6 is 0 Å². The lowest BCUT2D eigenvalue weighted by Gasteiger charge is -2.35. The van der Waals surface area contributed by atoms with Crippen LogP contribution in [-0.2, 0) is 11.8 Å². The number of nitrogens with zero attached hydrogens (tertiary/aromatic N) is 1. The quantitative estimate of drug-likeness (QED) is 0.924. The Balaban J connectivity index is 1.93. The summed E-state index contributed by atoms with van der Waals surface area (Å²) < 4.78 is 7.24. The second-order valence-electron chi connectivity index (χ2n) is 6.74. The Morgan fingerprint density at radius 1 is 1.35 bits per heavy atom. The largest absolute Gasteiger partial charge is 0.375 e. The molecule has 1 aromatic heterocycles. The van der Waals surface area contributed by atoms with Crippen molar-refractivity contribution in [1.29, 1.82) is 0 Å². The Morgan fingerprint density at radius 3 is 2.83 bits per heavy atom. The molecular weight excluding hydrogens is 292 g/mol. The monoisotopic (exact) mass is 314 g/mol. The van der Waals surface area contributed by atoms with Crippen LogP contribution in [0.2, 0.25) is 0 Å². The van der Waals surface area contributed by atoms with Gasteiger partial charge in [-0.3, -0.25) is 9.59 Å². The zero-order valence-electron chi connectivity index (χ0n) is 13.8. The van der Waals surface area contributed by atoms with Crippen molar-refractivity contribution in [2.24, 2.45) is 7.05 Å². The highest BCUT2D eigenvalue weighted by atomic mass is 16.5. The molecule has 23 heavy (non-hydrogen) atoms. The van der Waals surface area contributed by atoms with Crippen molar-refractivity contribution < 1.29 is 9.53 Å². The zero-order valence-corrected chi connectivity index (χ0v) is 13.8. The number of rotatable bonds is 2. The number of nitrogens with one attached hydrogen (secondary N) is 1. The molecule has 1 aliphatic heterocycles. The van der Waals surface area contributed by atoms with E-state index in [1.165, 1.54) is 6.07 Å². The standard InChI is InChI=1S/C18H22N2O3/c1-18(2)11-12(8-9-23-18)19-17(22)14-10-16(21)20(3)15-7-5-4-6-13(14)15/h4-7,10,12H,8-9,11H2,1-3H3,(H,19,22). The maximum Gasteiger partial charge on any atom is 0.252 e. The third kappa shape index (κ3) is 3.15. The molecule has 0 spiro atoms. The Hall–Kier alpha value is -2.14. The van der Waals surface area contributed by atoms with Crippen molar-refractivity contribution in [3.63, 3.8) is 0 Å². The van der Waals surface area contributed by atoms with Crippen LogP contribution in [0.1, 0.15) is 37.0 Å². The third-order valence-corrected chi connectivity index (χ3v) is 4.43. The molecule has 2 heterocycles. The maximum atomic E-state index is 12.7. The number of hydrogen-bond donors (Lipinski definition) is 1. The van der Waals surface area contributed by atoms with Crippen molar-refractivity contribution in [2.75, 3.05) is 6.61 Å². The van der Waals surface area contributed by atoms with E-state index in [0.717, 1.165) is 23.7 Å². The fraction of sp³-hybridized carbons (Fsp3) is 0.444. The van der Waals surface area contributed by atoms with Gasteiger partial charge in [0.05, 0.1) is 16.7 Å². The van der Waals surface area contributed by atoms with Crippen LogP contribution in [0, 0.1) is 0 Å². The van der Waals surface area contributed by atoms with Crippen LogP contribution in [0.4, 0.5) is 0 Å². The van der Waals surface area contributed by atoms with Crippen LogP contribution < -0.4 is 10.9 Å². The predicted molar refractivity (Wildman–Crippen MR) is 89.7 cm³/mol. The van der Waals surface area contributed by atoms with E-state index >= 15 is 0 Å². The summed E-state index contributed by atoms with van der Waals surface area (Å²) in [5.41, 5.74) is 0.789. The minimum atomic E-state index is -0.231. The number of para-hydroxylation sites is 1. The van der Waals surface area contributed by atoms with Gasteiger partial charge in [0.25, 0.3) is 11.5 Å². The molecule has 0 saturated carbocycles. The van der Waals surface area contributed by atoms with Gasteiger partial charge < -0.3 is 14.6 Å². The molecule has 5 nitrogen and oxygen atoms in total. The Bertz CT molecular complexity index is 808. The molecule has 1 unspecified atom stereocenters. The second kappa shape index (κ2) is 5.81. The summed E-state index contributed by atoms with van der Waals surface area (Å²) in [6.45, 7) is 4.69. The molecule has 1 saturated heterocycles. The van der Waals surface area contributed by atoms with Gasteiger partial charge in [-0.1, -0.05) is 18.2 Å². The lowest BCUT2D eigenvalue weighted by atomic mass is 9.93.